The van der Waals surface area contributed by atoms with Gasteiger partial charge in [0.2, 0.25) is 0 Å². The van der Waals surface area contributed by atoms with Crippen LogP contribution in [0.15, 0.2) is 72.9 Å². The molecule has 0 radical (unpaired) electrons. The number of esters is 3. The van der Waals surface area contributed by atoms with Crippen molar-refractivity contribution in [2.75, 3.05) is 13.2 Å². The molecule has 0 N–H and O–H groups in total. The minimum absolute atomic E-state index is 0.0811. The third-order valence-electron chi connectivity index (χ3n) is 11.2. The molecule has 6 heteroatoms. The van der Waals surface area contributed by atoms with E-state index in [1.807, 2.05) is 0 Å². The van der Waals surface area contributed by atoms with Gasteiger partial charge in [0.15, 0.2) is 6.10 Å². The average Bonchev–Trinajstić information content (AvgIpc) is 3.28. The molecule has 0 saturated heterocycles. The summed E-state index contributed by atoms with van der Waals surface area (Å²) in [7, 11) is 0. The molecule has 1 atom stereocenters. The van der Waals surface area contributed by atoms with Crippen molar-refractivity contribution in [3.63, 3.8) is 0 Å². The summed E-state index contributed by atoms with van der Waals surface area (Å²) in [5.41, 5.74) is 0. The molecule has 0 aromatic rings. The summed E-state index contributed by atoms with van der Waals surface area (Å²) in [6.45, 7) is 6.48. The summed E-state index contributed by atoms with van der Waals surface area (Å²) in [5, 5.41) is 0. The first-order chi connectivity index (χ1) is 31.0. The highest BCUT2D eigenvalue weighted by atomic mass is 16.6. The van der Waals surface area contributed by atoms with Crippen LogP contribution in [-0.4, -0.2) is 37.2 Å². The van der Waals surface area contributed by atoms with Crippen molar-refractivity contribution in [1.82, 2.24) is 0 Å². The number of hydrogen-bond donors (Lipinski definition) is 0. The molecule has 0 saturated carbocycles. The van der Waals surface area contributed by atoms with Gasteiger partial charge in [-0.05, 0) is 70.6 Å². The van der Waals surface area contributed by atoms with Gasteiger partial charge >= 0.3 is 17.9 Å². The van der Waals surface area contributed by atoms with Crippen molar-refractivity contribution in [2.24, 2.45) is 0 Å². The first kappa shape index (κ1) is 59.9. The van der Waals surface area contributed by atoms with Crippen molar-refractivity contribution in [1.29, 1.82) is 0 Å². The lowest BCUT2D eigenvalue weighted by Gasteiger charge is -2.18. The first-order valence-electron chi connectivity index (χ1n) is 26.4. The van der Waals surface area contributed by atoms with Gasteiger partial charge in [0.1, 0.15) is 13.2 Å². The lowest BCUT2D eigenvalue weighted by Crippen LogP contribution is -2.30. The Morgan fingerprint density at radius 2 is 0.619 bits per heavy atom. The van der Waals surface area contributed by atoms with E-state index in [-0.39, 0.29) is 31.1 Å². The Morgan fingerprint density at radius 1 is 0.333 bits per heavy atom. The molecule has 0 rings (SSSR count). The Kier molecular flexibility index (Phi) is 48.9. The van der Waals surface area contributed by atoms with Crippen molar-refractivity contribution >= 4 is 17.9 Å². The van der Waals surface area contributed by atoms with Crippen molar-refractivity contribution in [3.05, 3.63) is 72.9 Å². The van der Waals surface area contributed by atoms with Gasteiger partial charge in [0, 0.05) is 19.3 Å². The number of ether oxygens (including phenoxy) is 3. The van der Waals surface area contributed by atoms with E-state index in [4.69, 9.17) is 14.2 Å². The van der Waals surface area contributed by atoms with E-state index in [1.54, 1.807) is 0 Å². The number of carbonyl (C=O) groups is 3. The van der Waals surface area contributed by atoms with Gasteiger partial charge < -0.3 is 14.2 Å². The lowest BCUT2D eigenvalue weighted by atomic mass is 10.0. The highest BCUT2D eigenvalue weighted by Crippen LogP contribution is 2.15. The van der Waals surface area contributed by atoms with Crippen LogP contribution in [0.3, 0.4) is 0 Å². The maximum atomic E-state index is 12.8. The zero-order chi connectivity index (χ0) is 45.8. The molecule has 1 unspecified atom stereocenters. The molecule has 0 aliphatic rings. The molecule has 0 aliphatic carbocycles. The Bertz CT molecular complexity index is 1190. The molecule has 63 heavy (non-hydrogen) atoms. The van der Waals surface area contributed by atoms with Crippen molar-refractivity contribution in [3.8, 4) is 0 Å². The molecular formula is C57H98O6. The Morgan fingerprint density at radius 3 is 0.968 bits per heavy atom. The number of unbranched alkanes of at least 4 members (excludes halogenated alkanes) is 24. The second-order valence-corrected chi connectivity index (χ2v) is 17.4. The molecular weight excluding hydrogens is 781 g/mol. The van der Waals surface area contributed by atoms with Crippen LogP contribution < -0.4 is 0 Å². The van der Waals surface area contributed by atoms with Gasteiger partial charge in [-0.2, -0.15) is 0 Å². The average molecular weight is 879 g/mol. The van der Waals surface area contributed by atoms with E-state index in [0.717, 1.165) is 109 Å². The fourth-order valence-corrected chi connectivity index (χ4v) is 7.27. The third kappa shape index (κ3) is 49.7. The second-order valence-electron chi connectivity index (χ2n) is 17.4. The van der Waals surface area contributed by atoms with Crippen LogP contribution in [-0.2, 0) is 28.6 Å². The van der Waals surface area contributed by atoms with E-state index in [1.165, 1.54) is 103 Å². The van der Waals surface area contributed by atoms with Crippen LogP contribution in [0.5, 0.6) is 0 Å². The fourth-order valence-electron chi connectivity index (χ4n) is 7.27. The SMILES string of the molecule is CC/C=C\C/C=C\C/C=C\C/C=C\C/C=C\C/C=C\CCCCCCC(=O)OCC(COC(=O)CCCCCCCCCC)OC(=O)CCCCCCCCCCCCCCCC. The highest BCUT2D eigenvalue weighted by molar-refractivity contribution is 5.71. The van der Waals surface area contributed by atoms with Crippen molar-refractivity contribution in [2.45, 2.75) is 258 Å². The van der Waals surface area contributed by atoms with Gasteiger partial charge in [-0.15, -0.1) is 0 Å². The molecule has 6 nitrogen and oxygen atoms in total. The topological polar surface area (TPSA) is 78.9 Å². The third-order valence-corrected chi connectivity index (χ3v) is 11.2. The van der Waals surface area contributed by atoms with Crippen LogP contribution in [0.25, 0.3) is 0 Å². The quantitative estimate of drug-likeness (QED) is 0.0262. The molecule has 0 bridgehead atoms. The lowest BCUT2D eigenvalue weighted by molar-refractivity contribution is -0.167. The summed E-state index contributed by atoms with van der Waals surface area (Å²) in [4.78, 5) is 37.9. The molecule has 0 aromatic heterocycles. The standard InChI is InChI=1S/C57H98O6/c1-4-7-10-13-16-19-21-23-25-26-27-28-29-30-31-32-33-35-36-38-41-44-47-50-56(59)62-53-54(52-61-55(58)49-46-43-40-18-15-12-9-6-3)63-57(60)51-48-45-42-39-37-34-24-22-20-17-14-11-8-5-2/h7,10,16,19,23,25,27-28,30-31,33,35,54H,4-6,8-9,11-15,17-18,20-22,24,26,29,32,34,36-53H2,1-3H3/b10-7-,19-16-,25-23-,28-27-,31-30-,35-33-. The maximum Gasteiger partial charge on any atom is 0.306 e. The molecule has 0 heterocycles. The van der Waals surface area contributed by atoms with Crippen LogP contribution >= 0.6 is 0 Å². The summed E-state index contributed by atoms with van der Waals surface area (Å²) < 4.78 is 16.7. The van der Waals surface area contributed by atoms with Gasteiger partial charge in [-0.3, -0.25) is 14.4 Å². The predicted octanol–water partition coefficient (Wildman–Crippen LogP) is 17.4. The highest BCUT2D eigenvalue weighted by Gasteiger charge is 2.19. The largest absolute Gasteiger partial charge is 0.462 e. The van der Waals surface area contributed by atoms with Crippen LogP contribution in [0, 0.1) is 0 Å². The number of rotatable bonds is 47. The normalized spacial score (nSPS) is 12.6. The summed E-state index contributed by atoms with van der Waals surface area (Å²) in [5.74, 6) is -0.907. The zero-order valence-corrected chi connectivity index (χ0v) is 41.3. The maximum absolute atomic E-state index is 12.8. The summed E-state index contributed by atoms with van der Waals surface area (Å²) in [6, 6.07) is 0. The summed E-state index contributed by atoms with van der Waals surface area (Å²) >= 11 is 0. The van der Waals surface area contributed by atoms with E-state index in [9.17, 15) is 14.4 Å². The van der Waals surface area contributed by atoms with E-state index >= 15 is 0 Å². The molecule has 362 valence electrons. The van der Waals surface area contributed by atoms with E-state index < -0.39 is 6.10 Å². The number of hydrogen-bond acceptors (Lipinski definition) is 6. The monoisotopic (exact) mass is 879 g/mol. The van der Waals surface area contributed by atoms with Gasteiger partial charge in [-0.25, -0.2) is 0 Å². The van der Waals surface area contributed by atoms with Crippen LogP contribution in [0.2, 0.25) is 0 Å². The Labute approximate surface area is 389 Å². The smallest absolute Gasteiger partial charge is 0.306 e. The van der Waals surface area contributed by atoms with Crippen molar-refractivity contribution < 1.29 is 28.6 Å². The molecule has 0 aromatic carbocycles. The van der Waals surface area contributed by atoms with Crippen LogP contribution in [0.1, 0.15) is 252 Å². The molecule has 0 amide bonds. The molecule has 0 aliphatic heterocycles. The minimum atomic E-state index is -0.781. The molecule has 0 spiro atoms. The Balaban J connectivity index is 4.30. The molecule has 0 fully saturated rings. The minimum Gasteiger partial charge on any atom is -0.462 e. The van der Waals surface area contributed by atoms with E-state index in [2.05, 4.69) is 93.7 Å². The first-order valence-corrected chi connectivity index (χ1v) is 26.4. The van der Waals surface area contributed by atoms with Gasteiger partial charge in [-0.1, -0.05) is 235 Å². The van der Waals surface area contributed by atoms with E-state index in [0.29, 0.717) is 19.3 Å². The predicted molar refractivity (Wildman–Crippen MR) is 270 cm³/mol. The zero-order valence-electron chi connectivity index (χ0n) is 41.3. The van der Waals surface area contributed by atoms with Gasteiger partial charge in [0.05, 0.1) is 0 Å². The second kappa shape index (κ2) is 51.5. The number of carbonyl (C=O) groups excluding carboxylic acids is 3. The number of allylic oxidation sites excluding steroid dienone is 12. The summed E-state index contributed by atoms with van der Waals surface area (Å²) in [6.07, 6.45) is 64.7. The van der Waals surface area contributed by atoms with Crippen LogP contribution in [0.4, 0.5) is 0 Å². The van der Waals surface area contributed by atoms with Gasteiger partial charge in [0.25, 0.3) is 0 Å². The fraction of sp³-hybridized carbons (Fsp3) is 0.737. The Hall–Kier alpha value is -3.15.